The number of aryl methyl sites for hydroxylation is 2. The van der Waals surface area contributed by atoms with Crippen molar-refractivity contribution in [3.05, 3.63) is 160 Å². The number of hydrogen-bond donors (Lipinski definition) is 1. The summed E-state index contributed by atoms with van der Waals surface area (Å²) in [6, 6.07) is 31.6. The van der Waals surface area contributed by atoms with Gasteiger partial charge in [-0.15, -0.1) is 0 Å². The third-order valence-corrected chi connectivity index (χ3v) is 9.44. The van der Waals surface area contributed by atoms with Crippen molar-refractivity contribution < 1.29 is 38.4 Å². The molecule has 1 atom stereocenters. The van der Waals surface area contributed by atoms with E-state index in [2.05, 4.69) is 12.1 Å². The fourth-order valence-corrected chi connectivity index (χ4v) is 7.02. The van der Waals surface area contributed by atoms with Crippen LogP contribution in [0.25, 0.3) is 6.08 Å². The zero-order valence-electron chi connectivity index (χ0n) is 27.4. The number of esters is 3. The first-order valence-electron chi connectivity index (χ1n) is 16.4. The first kappa shape index (κ1) is 32.6. The van der Waals surface area contributed by atoms with E-state index in [0.29, 0.717) is 34.1 Å². The van der Waals surface area contributed by atoms with E-state index >= 15 is 0 Å². The van der Waals surface area contributed by atoms with E-state index in [1.165, 1.54) is 6.08 Å². The zero-order chi connectivity index (χ0) is 34.7. The Kier molecular flexibility index (Phi) is 9.02. The Morgan fingerprint density at radius 2 is 1.20 bits per heavy atom. The summed E-state index contributed by atoms with van der Waals surface area (Å²) < 4.78 is 22.7. The first-order chi connectivity index (χ1) is 24.4. The number of ether oxygens (including phenoxy) is 4. The van der Waals surface area contributed by atoms with Crippen LogP contribution < -0.4 is 18.9 Å². The maximum atomic E-state index is 13.5. The Hall–Kier alpha value is -5.99. The predicted molar refractivity (Wildman–Crippen MR) is 187 cm³/mol. The number of rotatable bonds is 9. The third kappa shape index (κ3) is 6.41. The second-order valence-electron chi connectivity index (χ2n) is 12.3. The zero-order valence-corrected chi connectivity index (χ0v) is 27.4. The molecule has 1 N–H and O–H groups in total. The van der Waals surface area contributed by atoms with Crippen LogP contribution in [0.5, 0.6) is 23.0 Å². The minimum Gasteiger partial charge on any atom is -0.497 e. The van der Waals surface area contributed by atoms with Crippen molar-refractivity contribution in [2.75, 3.05) is 7.11 Å². The monoisotopic (exact) mass is 666 g/mol. The fraction of sp³-hybridized carbons (Fsp3) is 0.167. The largest absolute Gasteiger partial charge is 0.497 e. The molecule has 0 aliphatic heterocycles. The number of methoxy groups -OCH3 is 1. The van der Waals surface area contributed by atoms with E-state index in [1.54, 1.807) is 73.8 Å². The molecule has 8 heteroatoms. The van der Waals surface area contributed by atoms with Gasteiger partial charge in [-0.05, 0) is 115 Å². The molecule has 2 aliphatic carbocycles. The molecule has 0 saturated carbocycles. The first-order valence-corrected chi connectivity index (χ1v) is 16.4. The van der Waals surface area contributed by atoms with Crippen molar-refractivity contribution in [3.63, 3.8) is 0 Å². The van der Waals surface area contributed by atoms with Gasteiger partial charge in [0.05, 0.1) is 24.8 Å². The van der Waals surface area contributed by atoms with Crippen LogP contribution in [0, 0.1) is 0 Å². The molecule has 8 nitrogen and oxygen atoms in total. The van der Waals surface area contributed by atoms with E-state index < -0.39 is 23.3 Å². The van der Waals surface area contributed by atoms with Gasteiger partial charge >= 0.3 is 17.9 Å². The molecule has 0 heterocycles. The van der Waals surface area contributed by atoms with Gasteiger partial charge in [0.2, 0.25) is 0 Å². The lowest BCUT2D eigenvalue weighted by molar-refractivity contribution is -0.129. The van der Waals surface area contributed by atoms with Crippen LogP contribution >= 0.6 is 0 Å². The van der Waals surface area contributed by atoms with Gasteiger partial charge in [-0.3, -0.25) is 0 Å². The van der Waals surface area contributed by atoms with E-state index in [4.69, 9.17) is 18.9 Å². The quantitative estimate of drug-likeness (QED) is 0.0984. The second-order valence-corrected chi connectivity index (χ2v) is 12.3. The highest BCUT2D eigenvalue weighted by Crippen LogP contribution is 2.57. The Morgan fingerprint density at radius 1 is 0.660 bits per heavy atom. The van der Waals surface area contributed by atoms with Gasteiger partial charge in [0.1, 0.15) is 23.0 Å². The molecule has 0 fully saturated rings. The van der Waals surface area contributed by atoms with Crippen molar-refractivity contribution >= 4 is 24.0 Å². The minimum absolute atomic E-state index is 0.0463. The van der Waals surface area contributed by atoms with Crippen LogP contribution in [0.1, 0.15) is 66.9 Å². The molecule has 0 aromatic heterocycles. The molecule has 1 spiro atoms. The molecule has 5 aromatic rings. The average Bonchev–Trinajstić information content (AvgIpc) is 3.73. The van der Waals surface area contributed by atoms with Crippen molar-refractivity contribution in [1.29, 1.82) is 0 Å². The van der Waals surface area contributed by atoms with Gasteiger partial charge in [-0.2, -0.15) is 0 Å². The highest BCUT2D eigenvalue weighted by Gasteiger charge is 2.48. The summed E-state index contributed by atoms with van der Waals surface area (Å²) in [7, 11) is 1.55. The van der Waals surface area contributed by atoms with Crippen LogP contribution in [0.15, 0.2) is 115 Å². The fourth-order valence-electron chi connectivity index (χ4n) is 7.02. The number of aliphatic hydroxyl groups is 1. The average molecular weight is 667 g/mol. The van der Waals surface area contributed by atoms with E-state index in [9.17, 15) is 19.5 Å². The maximum absolute atomic E-state index is 13.5. The summed E-state index contributed by atoms with van der Waals surface area (Å²) in [6.07, 6.45) is 6.25. The van der Waals surface area contributed by atoms with Crippen LogP contribution in [0.3, 0.4) is 0 Å². The van der Waals surface area contributed by atoms with Gasteiger partial charge in [-0.1, -0.05) is 48.5 Å². The summed E-state index contributed by atoms with van der Waals surface area (Å²) in [6.45, 7) is -0.0463. The highest BCUT2D eigenvalue weighted by atomic mass is 16.5. The van der Waals surface area contributed by atoms with Crippen LogP contribution in [0.4, 0.5) is 0 Å². The molecule has 7 rings (SSSR count). The molecular formula is C42H34O8. The molecule has 250 valence electrons. The van der Waals surface area contributed by atoms with Crippen molar-refractivity contribution in [3.8, 4) is 23.0 Å². The molecule has 5 aromatic carbocycles. The summed E-state index contributed by atoms with van der Waals surface area (Å²) in [5.41, 5.74) is 5.89. The van der Waals surface area contributed by atoms with Gasteiger partial charge < -0.3 is 24.1 Å². The molecule has 0 bridgehead atoms. The van der Waals surface area contributed by atoms with Crippen LogP contribution in [0.2, 0.25) is 0 Å². The lowest BCUT2D eigenvalue weighted by atomic mass is 9.76. The van der Waals surface area contributed by atoms with Crippen LogP contribution in [-0.2, 0) is 29.7 Å². The van der Waals surface area contributed by atoms with Crippen LogP contribution in [-0.4, -0.2) is 30.1 Å². The summed E-state index contributed by atoms with van der Waals surface area (Å²) in [4.78, 5) is 39.1. The van der Waals surface area contributed by atoms with Gasteiger partial charge in [0, 0.05) is 22.6 Å². The Morgan fingerprint density at radius 3 is 1.76 bits per heavy atom. The lowest BCUT2D eigenvalue weighted by Crippen LogP contribution is -2.24. The molecule has 0 saturated heterocycles. The number of carbonyl (C=O) groups is 3. The molecule has 2 aliphatic rings. The summed E-state index contributed by atoms with van der Waals surface area (Å²) in [5, 5.41) is 9.29. The molecule has 0 unspecified atom stereocenters. The number of carbonyl (C=O) groups excluding carboxylic acids is 3. The third-order valence-electron chi connectivity index (χ3n) is 9.44. The van der Waals surface area contributed by atoms with Gasteiger partial charge in [0.15, 0.2) is 0 Å². The molecule has 0 radical (unpaired) electrons. The smallest absolute Gasteiger partial charge is 0.343 e. The van der Waals surface area contributed by atoms with E-state index in [1.807, 2.05) is 36.4 Å². The predicted octanol–water partition coefficient (Wildman–Crippen LogP) is 7.42. The minimum atomic E-state index is -0.538. The standard InChI is InChI=1S/C42H34O8/c1-47-33-17-13-31(14-18-33)40(45)48-34-19-15-32(16-20-34)41(46)50-36-7-3-5-30-23-25-42(39(30)36)24-22-29-4-2-6-35(38(29)42)49-37(44)21-12-27-8-10-28(26-43)11-9-27/h2-21,43H,22-26H2,1H3/b21-12+/t42-/m1/s1. The Labute approximate surface area is 289 Å². The normalized spacial score (nSPS) is 15.8. The Balaban J connectivity index is 1.10. The van der Waals surface area contributed by atoms with Gasteiger partial charge in [-0.25, -0.2) is 14.4 Å². The Bertz CT molecular complexity index is 2090. The van der Waals surface area contributed by atoms with Crippen molar-refractivity contribution in [2.24, 2.45) is 0 Å². The highest BCUT2D eigenvalue weighted by molar-refractivity contribution is 5.93. The maximum Gasteiger partial charge on any atom is 0.343 e. The van der Waals surface area contributed by atoms with Crippen molar-refractivity contribution in [2.45, 2.75) is 37.7 Å². The number of aliphatic hydroxyl groups excluding tert-OH is 1. The number of benzene rings is 5. The number of fused-ring (bicyclic) bond motifs is 4. The van der Waals surface area contributed by atoms with E-state index in [-0.39, 0.29) is 6.61 Å². The molecule has 50 heavy (non-hydrogen) atoms. The topological polar surface area (TPSA) is 108 Å². The van der Waals surface area contributed by atoms with E-state index in [0.717, 1.165) is 59.1 Å². The SMILES string of the molecule is COc1ccc(C(=O)Oc2ccc(C(=O)Oc3cccc4c3[C@]3(CCc5cccc(OC(=O)/C=C/c6ccc(CO)cc6)c53)CC4)cc2)cc1. The summed E-state index contributed by atoms with van der Waals surface area (Å²) in [5.74, 6) is 0.331. The summed E-state index contributed by atoms with van der Waals surface area (Å²) >= 11 is 0. The number of hydrogen-bond acceptors (Lipinski definition) is 8. The molecular weight excluding hydrogens is 632 g/mol. The lowest BCUT2D eigenvalue weighted by Gasteiger charge is -2.29. The van der Waals surface area contributed by atoms with Crippen molar-refractivity contribution in [1.82, 2.24) is 0 Å². The second kappa shape index (κ2) is 13.9. The van der Waals surface area contributed by atoms with Gasteiger partial charge in [0.25, 0.3) is 0 Å². The molecule has 0 amide bonds.